The topological polar surface area (TPSA) is 55.4 Å². The molecule has 2 aromatic carbocycles. The summed E-state index contributed by atoms with van der Waals surface area (Å²) in [5, 5.41) is 2.94. The van der Waals surface area contributed by atoms with Crippen molar-refractivity contribution in [3.63, 3.8) is 0 Å². The van der Waals surface area contributed by atoms with E-state index in [-0.39, 0.29) is 17.9 Å². The van der Waals surface area contributed by atoms with Crippen LogP contribution in [0.5, 0.6) is 0 Å². The second-order valence-corrected chi connectivity index (χ2v) is 5.78. The van der Waals surface area contributed by atoms with Crippen LogP contribution in [0.2, 0.25) is 0 Å². The van der Waals surface area contributed by atoms with Crippen LogP contribution in [0.25, 0.3) is 0 Å². The monoisotopic (exact) mass is 325 g/mol. The molecule has 0 aliphatic rings. The molecule has 0 bridgehead atoms. The lowest BCUT2D eigenvalue weighted by molar-refractivity contribution is -0.145. The second-order valence-electron chi connectivity index (χ2n) is 5.78. The number of benzene rings is 2. The number of hydrogen-bond donors (Lipinski definition) is 1. The van der Waals surface area contributed by atoms with Crippen LogP contribution in [0.15, 0.2) is 60.7 Å². The number of amides is 1. The van der Waals surface area contributed by atoms with Crippen LogP contribution in [0.3, 0.4) is 0 Å². The van der Waals surface area contributed by atoms with Gasteiger partial charge in [-0.25, -0.2) is 0 Å². The van der Waals surface area contributed by atoms with Gasteiger partial charge in [-0.05, 0) is 37.5 Å². The average Bonchev–Trinajstić information content (AvgIpc) is 2.61. The minimum Gasteiger partial charge on any atom is -0.461 e. The van der Waals surface area contributed by atoms with E-state index in [1.54, 1.807) is 12.1 Å². The number of carbonyl (C=O) groups is 2. The van der Waals surface area contributed by atoms with Gasteiger partial charge in [0, 0.05) is 18.0 Å². The lowest BCUT2D eigenvalue weighted by atomic mass is 10.1. The smallest absolute Gasteiger partial charge is 0.306 e. The highest BCUT2D eigenvalue weighted by molar-refractivity contribution is 5.94. The van der Waals surface area contributed by atoms with Crippen LogP contribution >= 0.6 is 0 Å². The Kier molecular flexibility index (Phi) is 7.02. The third-order valence-electron chi connectivity index (χ3n) is 3.67. The Morgan fingerprint density at radius 3 is 2.29 bits per heavy atom. The highest BCUT2D eigenvalue weighted by Crippen LogP contribution is 2.06. The fourth-order valence-corrected chi connectivity index (χ4v) is 2.33. The summed E-state index contributed by atoms with van der Waals surface area (Å²) >= 11 is 0. The molecule has 126 valence electrons. The summed E-state index contributed by atoms with van der Waals surface area (Å²) in [5.74, 6) is -0.296. The van der Waals surface area contributed by atoms with Crippen molar-refractivity contribution in [2.75, 3.05) is 0 Å². The van der Waals surface area contributed by atoms with Crippen LogP contribution in [0, 0.1) is 0 Å². The molecule has 0 radical (unpaired) electrons. The molecular formula is C20H23NO3. The fourth-order valence-electron chi connectivity index (χ4n) is 2.33. The standard InChI is InChI=1S/C20H23NO3/c1-16(21-20(23)18-12-6-3-7-13-18)9-8-14-19(22)24-15-17-10-4-2-5-11-17/h2-7,10-13,16H,8-9,14-15H2,1H3,(H,21,23)/t16-/m0/s1. The zero-order chi connectivity index (χ0) is 17.2. The molecule has 0 unspecified atom stereocenters. The third kappa shape index (κ3) is 6.24. The minimum atomic E-state index is -0.208. The van der Waals surface area contributed by atoms with E-state index in [4.69, 9.17) is 4.74 Å². The summed E-state index contributed by atoms with van der Waals surface area (Å²) in [4.78, 5) is 23.7. The summed E-state index contributed by atoms with van der Waals surface area (Å²) in [5.41, 5.74) is 1.63. The molecule has 4 heteroatoms. The van der Waals surface area contributed by atoms with Crippen molar-refractivity contribution in [1.82, 2.24) is 5.32 Å². The molecule has 2 rings (SSSR count). The van der Waals surface area contributed by atoms with Gasteiger partial charge in [0.05, 0.1) is 0 Å². The maximum atomic E-state index is 12.0. The van der Waals surface area contributed by atoms with Gasteiger partial charge >= 0.3 is 5.97 Å². The molecule has 0 heterocycles. The number of carbonyl (C=O) groups excluding carboxylic acids is 2. The molecule has 0 spiro atoms. The summed E-state index contributed by atoms with van der Waals surface area (Å²) in [6.07, 6.45) is 1.78. The van der Waals surface area contributed by atoms with Gasteiger partial charge in [-0.3, -0.25) is 9.59 Å². The third-order valence-corrected chi connectivity index (χ3v) is 3.67. The number of esters is 1. The number of ether oxygens (including phenoxy) is 1. The van der Waals surface area contributed by atoms with Crippen molar-refractivity contribution in [3.05, 3.63) is 71.8 Å². The van der Waals surface area contributed by atoms with Crippen molar-refractivity contribution in [2.45, 2.75) is 38.8 Å². The molecule has 1 amide bonds. The lowest BCUT2D eigenvalue weighted by Crippen LogP contribution is -2.32. The fraction of sp³-hybridized carbons (Fsp3) is 0.300. The maximum Gasteiger partial charge on any atom is 0.306 e. The summed E-state index contributed by atoms with van der Waals surface area (Å²) in [7, 11) is 0. The van der Waals surface area contributed by atoms with Crippen molar-refractivity contribution in [2.24, 2.45) is 0 Å². The predicted molar refractivity (Wildman–Crippen MR) is 93.5 cm³/mol. The minimum absolute atomic E-state index is 0.0135. The lowest BCUT2D eigenvalue weighted by Gasteiger charge is -2.13. The molecule has 1 N–H and O–H groups in total. The first kappa shape index (κ1) is 17.7. The van der Waals surface area contributed by atoms with Crippen LogP contribution < -0.4 is 5.32 Å². The van der Waals surface area contributed by atoms with E-state index in [0.29, 0.717) is 25.0 Å². The van der Waals surface area contributed by atoms with Gasteiger partial charge in [0.2, 0.25) is 0 Å². The van der Waals surface area contributed by atoms with E-state index < -0.39 is 0 Å². The largest absolute Gasteiger partial charge is 0.461 e. The Hall–Kier alpha value is -2.62. The molecule has 0 fully saturated rings. The van der Waals surface area contributed by atoms with Crippen molar-refractivity contribution in [3.8, 4) is 0 Å². The Balaban J connectivity index is 1.62. The molecule has 0 saturated heterocycles. The van der Waals surface area contributed by atoms with Gasteiger partial charge in [-0.2, -0.15) is 0 Å². The van der Waals surface area contributed by atoms with Crippen molar-refractivity contribution >= 4 is 11.9 Å². The Morgan fingerprint density at radius 1 is 1.00 bits per heavy atom. The Labute approximate surface area is 142 Å². The van der Waals surface area contributed by atoms with Crippen molar-refractivity contribution in [1.29, 1.82) is 0 Å². The molecule has 24 heavy (non-hydrogen) atoms. The first-order chi connectivity index (χ1) is 11.6. The van der Waals surface area contributed by atoms with Gasteiger partial charge in [0.1, 0.15) is 6.61 Å². The number of nitrogens with one attached hydrogen (secondary N) is 1. The summed E-state index contributed by atoms with van der Waals surface area (Å²) in [6.45, 7) is 2.25. The van der Waals surface area contributed by atoms with E-state index >= 15 is 0 Å². The van der Waals surface area contributed by atoms with E-state index in [2.05, 4.69) is 5.32 Å². The molecule has 0 aromatic heterocycles. The quantitative estimate of drug-likeness (QED) is 0.753. The van der Waals surface area contributed by atoms with E-state index in [0.717, 1.165) is 12.0 Å². The van der Waals surface area contributed by atoms with Crippen LogP contribution in [-0.4, -0.2) is 17.9 Å². The van der Waals surface area contributed by atoms with Gasteiger partial charge in [-0.1, -0.05) is 48.5 Å². The average molecular weight is 325 g/mol. The van der Waals surface area contributed by atoms with E-state index in [1.165, 1.54) is 0 Å². The van der Waals surface area contributed by atoms with Crippen molar-refractivity contribution < 1.29 is 14.3 Å². The Bertz CT molecular complexity index is 640. The van der Waals surface area contributed by atoms with Crippen LogP contribution in [0.4, 0.5) is 0 Å². The van der Waals surface area contributed by atoms with Gasteiger partial charge in [0.15, 0.2) is 0 Å². The molecule has 0 saturated carbocycles. The van der Waals surface area contributed by atoms with Gasteiger partial charge in [0.25, 0.3) is 5.91 Å². The molecule has 0 aliphatic heterocycles. The zero-order valence-electron chi connectivity index (χ0n) is 13.9. The molecule has 0 aliphatic carbocycles. The summed E-state index contributed by atoms with van der Waals surface area (Å²) < 4.78 is 5.23. The first-order valence-corrected chi connectivity index (χ1v) is 8.20. The highest BCUT2D eigenvalue weighted by atomic mass is 16.5. The Morgan fingerprint density at radius 2 is 1.62 bits per heavy atom. The zero-order valence-corrected chi connectivity index (χ0v) is 13.9. The SMILES string of the molecule is C[C@@H](CCCC(=O)OCc1ccccc1)NC(=O)c1ccccc1. The van der Waals surface area contributed by atoms with Crippen LogP contribution in [-0.2, 0) is 16.1 Å². The maximum absolute atomic E-state index is 12.0. The molecular weight excluding hydrogens is 302 g/mol. The predicted octanol–water partition coefficient (Wildman–Crippen LogP) is 3.72. The molecule has 4 nitrogen and oxygen atoms in total. The molecule has 2 aromatic rings. The first-order valence-electron chi connectivity index (χ1n) is 8.20. The number of hydrogen-bond acceptors (Lipinski definition) is 3. The highest BCUT2D eigenvalue weighted by Gasteiger charge is 2.10. The van der Waals surface area contributed by atoms with Gasteiger partial charge in [-0.15, -0.1) is 0 Å². The van der Waals surface area contributed by atoms with E-state index in [1.807, 2.05) is 55.5 Å². The van der Waals surface area contributed by atoms with Crippen LogP contribution in [0.1, 0.15) is 42.1 Å². The van der Waals surface area contributed by atoms with Gasteiger partial charge < -0.3 is 10.1 Å². The normalized spacial score (nSPS) is 11.5. The van der Waals surface area contributed by atoms with E-state index in [9.17, 15) is 9.59 Å². The second kappa shape index (κ2) is 9.50. The summed E-state index contributed by atoms with van der Waals surface area (Å²) in [6, 6.07) is 18.7. The molecule has 1 atom stereocenters. The number of rotatable bonds is 8.